The SMILES string of the molecule is CN(c1ncnc2sc3c(c12)CCCC3)C1CC1.CNc1ncnc2sc3c(c12)CCCC3. The fourth-order valence-electron chi connectivity index (χ4n) is 5.26. The van der Waals surface area contributed by atoms with Crippen molar-refractivity contribution in [2.45, 2.75) is 70.3 Å². The molecule has 7 rings (SSSR count). The number of aromatic nitrogens is 4. The van der Waals surface area contributed by atoms with Crippen LogP contribution in [0.4, 0.5) is 11.6 Å². The van der Waals surface area contributed by atoms with Crippen molar-refractivity contribution in [3.8, 4) is 0 Å². The van der Waals surface area contributed by atoms with E-state index in [0.29, 0.717) is 6.04 Å². The van der Waals surface area contributed by atoms with E-state index in [4.69, 9.17) is 0 Å². The first-order chi connectivity index (χ1) is 16.2. The average molecular weight is 479 g/mol. The molecular weight excluding hydrogens is 448 g/mol. The molecule has 0 radical (unpaired) electrons. The van der Waals surface area contributed by atoms with Gasteiger partial charge in [0, 0.05) is 29.9 Å². The normalized spacial score (nSPS) is 17.3. The highest BCUT2D eigenvalue weighted by molar-refractivity contribution is 7.19. The maximum atomic E-state index is 4.57. The zero-order chi connectivity index (χ0) is 22.4. The first kappa shape index (κ1) is 21.2. The molecule has 1 saturated carbocycles. The van der Waals surface area contributed by atoms with Gasteiger partial charge in [-0.05, 0) is 75.3 Å². The van der Waals surface area contributed by atoms with E-state index in [1.165, 1.54) is 96.1 Å². The molecule has 0 saturated heterocycles. The highest BCUT2D eigenvalue weighted by atomic mass is 32.1. The first-order valence-electron chi connectivity index (χ1n) is 12.2. The zero-order valence-electron chi connectivity index (χ0n) is 19.4. The molecule has 0 aliphatic heterocycles. The van der Waals surface area contributed by atoms with Crippen molar-refractivity contribution in [2.75, 3.05) is 24.3 Å². The highest BCUT2D eigenvalue weighted by Gasteiger charge is 2.30. The molecule has 1 N–H and O–H groups in total. The van der Waals surface area contributed by atoms with Crippen LogP contribution in [0.2, 0.25) is 0 Å². The van der Waals surface area contributed by atoms with Crippen LogP contribution in [0, 0.1) is 0 Å². The molecule has 6 nitrogen and oxygen atoms in total. The summed E-state index contributed by atoms with van der Waals surface area (Å²) in [6, 6.07) is 0.710. The second kappa shape index (κ2) is 8.80. The van der Waals surface area contributed by atoms with Crippen molar-refractivity contribution in [1.82, 2.24) is 19.9 Å². The minimum Gasteiger partial charge on any atom is -0.372 e. The Balaban J connectivity index is 0.000000127. The number of nitrogens with one attached hydrogen (secondary N) is 1. The van der Waals surface area contributed by atoms with Crippen molar-refractivity contribution in [2.24, 2.45) is 0 Å². The van der Waals surface area contributed by atoms with Gasteiger partial charge in [0.2, 0.25) is 0 Å². The van der Waals surface area contributed by atoms with E-state index in [1.807, 2.05) is 29.7 Å². The Morgan fingerprint density at radius 1 is 0.788 bits per heavy atom. The lowest BCUT2D eigenvalue weighted by Crippen LogP contribution is -2.21. The molecule has 0 spiro atoms. The molecule has 4 heterocycles. The summed E-state index contributed by atoms with van der Waals surface area (Å²) in [5, 5.41) is 5.78. The Morgan fingerprint density at radius 3 is 2.00 bits per heavy atom. The van der Waals surface area contributed by atoms with Crippen LogP contribution in [0.5, 0.6) is 0 Å². The molecule has 4 aromatic heterocycles. The van der Waals surface area contributed by atoms with Gasteiger partial charge in [-0.3, -0.25) is 0 Å². The van der Waals surface area contributed by atoms with Crippen molar-refractivity contribution < 1.29 is 0 Å². The number of aryl methyl sites for hydroxylation is 4. The standard InChI is InChI=1S/C14H17N3S.C11H13N3S/c1-17(9-6-7-9)13-12-10-4-2-3-5-11(10)18-14(12)16-8-15-13;1-12-10-9-7-4-2-3-5-8(7)15-11(9)14-6-13-10/h8-9H,2-7H2,1H3;6H,2-5H2,1H3,(H,12,13,14). The fraction of sp³-hybridized carbons (Fsp3) is 0.520. The van der Waals surface area contributed by atoms with E-state index in [-0.39, 0.29) is 0 Å². The molecule has 0 atom stereocenters. The molecule has 0 bridgehead atoms. The van der Waals surface area contributed by atoms with Gasteiger partial charge in [0.25, 0.3) is 0 Å². The lowest BCUT2D eigenvalue weighted by Gasteiger charge is -2.19. The Kier molecular flexibility index (Phi) is 5.66. The smallest absolute Gasteiger partial charge is 0.141 e. The third-order valence-corrected chi connectivity index (χ3v) is 9.55. The van der Waals surface area contributed by atoms with Crippen molar-refractivity contribution >= 4 is 54.7 Å². The number of nitrogens with zero attached hydrogens (tertiary/aromatic N) is 5. The summed E-state index contributed by atoms with van der Waals surface area (Å²) < 4.78 is 0. The summed E-state index contributed by atoms with van der Waals surface area (Å²) >= 11 is 3.72. The van der Waals surface area contributed by atoms with E-state index >= 15 is 0 Å². The van der Waals surface area contributed by atoms with Crippen LogP contribution in [-0.2, 0) is 25.7 Å². The predicted octanol–water partition coefficient (Wildman–Crippen LogP) is 5.78. The second-order valence-corrected chi connectivity index (χ2v) is 11.5. The minimum atomic E-state index is 0.710. The van der Waals surface area contributed by atoms with Gasteiger partial charge in [-0.2, -0.15) is 0 Å². The lowest BCUT2D eigenvalue weighted by molar-refractivity contribution is 0.700. The van der Waals surface area contributed by atoms with Gasteiger partial charge in [-0.1, -0.05) is 0 Å². The van der Waals surface area contributed by atoms with E-state index in [0.717, 1.165) is 10.6 Å². The topological polar surface area (TPSA) is 66.8 Å². The van der Waals surface area contributed by atoms with Gasteiger partial charge in [0.15, 0.2) is 0 Å². The molecule has 0 aromatic carbocycles. The molecule has 0 unspecified atom stereocenters. The van der Waals surface area contributed by atoms with Gasteiger partial charge >= 0.3 is 0 Å². The van der Waals surface area contributed by atoms with E-state index in [1.54, 1.807) is 23.1 Å². The summed E-state index contributed by atoms with van der Waals surface area (Å²) in [6.45, 7) is 0. The fourth-order valence-corrected chi connectivity index (χ4v) is 7.71. The third kappa shape index (κ3) is 3.87. The van der Waals surface area contributed by atoms with E-state index in [2.05, 4.69) is 37.2 Å². The maximum absolute atomic E-state index is 4.57. The van der Waals surface area contributed by atoms with Crippen LogP contribution in [0.3, 0.4) is 0 Å². The summed E-state index contributed by atoms with van der Waals surface area (Å²) in [5.41, 5.74) is 3.04. The van der Waals surface area contributed by atoms with Gasteiger partial charge in [-0.15, -0.1) is 22.7 Å². The van der Waals surface area contributed by atoms with Crippen molar-refractivity contribution in [3.05, 3.63) is 33.5 Å². The Hall–Kier alpha value is -2.32. The molecule has 8 heteroatoms. The molecule has 1 fully saturated rings. The number of hydrogen-bond acceptors (Lipinski definition) is 8. The second-order valence-electron chi connectivity index (χ2n) is 9.29. The quantitative estimate of drug-likeness (QED) is 0.403. The Morgan fingerprint density at radius 2 is 1.36 bits per heavy atom. The maximum Gasteiger partial charge on any atom is 0.141 e. The van der Waals surface area contributed by atoms with Gasteiger partial charge in [0.05, 0.1) is 10.8 Å². The van der Waals surface area contributed by atoms with Crippen molar-refractivity contribution in [1.29, 1.82) is 0 Å². The molecular formula is C25H30N6S2. The molecule has 172 valence electrons. The molecule has 3 aliphatic rings. The van der Waals surface area contributed by atoms with E-state index < -0.39 is 0 Å². The Labute approximate surface area is 202 Å². The number of fused-ring (bicyclic) bond motifs is 6. The first-order valence-corrected chi connectivity index (χ1v) is 13.8. The van der Waals surface area contributed by atoms with Crippen LogP contribution in [0.1, 0.15) is 59.4 Å². The van der Waals surface area contributed by atoms with Crippen LogP contribution < -0.4 is 10.2 Å². The largest absolute Gasteiger partial charge is 0.372 e. The molecule has 0 amide bonds. The predicted molar refractivity (Wildman–Crippen MR) is 139 cm³/mol. The van der Waals surface area contributed by atoms with Gasteiger partial charge in [-0.25, -0.2) is 19.9 Å². The Bertz CT molecular complexity index is 1310. The van der Waals surface area contributed by atoms with Gasteiger partial charge in [0.1, 0.15) is 34.0 Å². The summed E-state index contributed by atoms with van der Waals surface area (Å²) in [6.07, 6.45) is 16.2. The number of thiophene rings is 2. The number of hydrogen-bond donors (Lipinski definition) is 1. The average Bonchev–Trinajstić information content (AvgIpc) is 3.54. The third-order valence-electron chi connectivity index (χ3n) is 7.15. The van der Waals surface area contributed by atoms with Crippen LogP contribution in [0.15, 0.2) is 12.7 Å². The number of anilines is 2. The van der Waals surface area contributed by atoms with Crippen LogP contribution >= 0.6 is 22.7 Å². The number of rotatable bonds is 3. The van der Waals surface area contributed by atoms with E-state index in [9.17, 15) is 0 Å². The van der Waals surface area contributed by atoms with Crippen molar-refractivity contribution in [3.63, 3.8) is 0 Å². The highest BCUT2D eigenvalue weighted by Crippen LogP contribution is 2.41. The van der Waals surface area contributed by atoms with Crippen LogP contribution in [0.25, 0.3) is 20.4 Å². The molecule has 3 aliphatic carbocycles. The van der Waals surface area contributed by atoms with Gasteiger partial charge < -0.3 is 10.2 Å². The summed E-state index contributed by atoms with van der Waals surface area (Å²) in [5.74, 6) is 2.15. The monoisotopic (exact) mass is 478 g/mol. The summed E-state index contributed by atoms with van der Waals surface area (Å²) in [4.78, 5) is 25.5. The minimum absolute atomic E-state index is 0.710. The van der Waals surface area contributed by atoms with Crippen LogP contribution in [-0.4, -0.2) is 40.1 Å². The molecule has 4 aromatic rings. The molecule has 33 heavy (non-hydrogen) atoms. The summed E-state index contributed by atoms with van der Waals surface area (Å²) in [7, 11) is 4.11. The lowest BCUT2D eigenvalue weighted by atomic mass is 9.97. The zero-order valence-corrected chi connectivity index (χ0v) is 21.0.